The number of hydrogen-bond acceptors (Lipinski definition) is 6. The SMILES string of the molecule is CCC1(O)CC(=O)OCc2c1cc1n(c2=O)Cc2c-1nc1cc(F)c(F)cc1c2CN1CCC(C)CC1. The summed E-state index contributed by atoms with van der Waals surface area (Å²) in [6.07, 6.45) is 2.10. The number of benzene rings is 1. The molecule has 1 saturated heterocycles. The third-order valence-corrected chi connectivity index (χ3v) is 8.36. The van der Waals surface area contributed by atoms with Crippen LogP contribution in [0.4, 0.5) is 8.78 Å². The second-order valence-corrected chi connectivity index (χ2v) is 10.7. The highest BCUT2D eigenvalue weighted by atomic mass is 19.2. The Morgan fingerprint density at radius 2 is 1.86 bits per heavy atom. The molecule has 5 heterocycles. The first-order chi connectivity index (χ1) is 17.7. The summed E-state index contributed by atoms with van der Waals surface area (Å²) < 4.78 is 35.5. The summed E-state index contributed by atoms with van der Waals surface area (Å²) in [5, 5.41) is 11.9. The van der Waals surface area contributed by atoms with Crippen LogP contribution in [0.15, 0.2) is 23.0 Å². The van der Waals surface area contributed by atoms with E-state index >= 15 is 0 Å². The molecular weight excluding hydrogens is 480 g/mol. The van der Waals surface area contributed by atoms with Crippen molar-refractivity contribution in [2.75, 3.05) is 13.1 Å². The number of hydrogen-bond donors (Lipinski definition) is 1. The third-order valence-electron chi connectivity index (χ3n) is 8.36. The summed E-state index contributed by atoms with van der Waals surface area (Å²) in [6.45, 7) is 6.34. The van der Waals surface area contributed by atoms with E-state index in [1.165, 1.54) is 6.07 Å². The molecule has 37 heavy (non-hydrogen) atoms. The van der Waals surface area contributed by atoms with Gasteiger partial charge in [-0.1, -0.05) is 13.8 Å². The lowest BCUT2D eigenvalue weighted by Gasteiger charge is -2.31. The smallest absolute Gasteiger partial charge is 0.309 e. The topological polar surface area (TPSA) is 84.7 Å². The molecule has 1 fully saturated rings. The standard InChI is InChI=1S/C28H29F2N3O4/c1-3-28(36)11-25(34)37-14-19-20(28)9-24-26-18(13-33(24)27(19)35)17(12-32-6-4-15(2)5-7-32)16-8-21(29)22(30)10-23(16)31-26/h8-10,15,36H,3-7,11-14H2,1-2H3. The molecule has 0 spiro atoms. The van der Waals surface area contributed by atoms with Crippen LogP contribution in [0.5, 0.6) is 0 Å². The molecule has 194 valence electrons. The number of carbonyl (C=O) groups is 1. The van der Waals surface area contributed by atoms with E-state index in [1.54, 1.807) is 17.6 Å². The van der Waals surface area contributed by atoms with Crippen molar-refractivity contribution < 1.29 is 23.4 Å². The van der Waals surface area contributed by atoms with E-state index in [4.69, 9.17) is 9.72 Å². The van der Waals surface area contributed by atoms with Crippen molar-refractivity contribution in [3.63, 3.8) is 0 Å². The number of piperidine rings is 1. The Bertz CT molecular complexity index is 1510. The third kappa shape index (κ3) is 3.87. The van der Waals surface area contributed by atoms with Crippen molar-refractivity contribution >= 4 is 16.9 Å². The maximum atomic E-state index is 14.4. The first kappa shape index (κ1) is 24.2. The van der Waals surface area contributed by atoms with E-state index < -0.39 is 23.2 Å². The molecule has 0 radical (unpaired) electrons. The fourth-order valence-corrected chi connectivity index (χ4v) is 5.98. The fourth-order valence-electron chi connectivity index (χ4n) is 5.98. The van der Waals surface area contributed by atoms with Gasteiger partial charge >= 0.3 is 5.97 Å². The van der Waals surface area contributed by atoms with Gasteiger partial charge < -0.3 is 14.4 Å². The summed E-state index contributed by atoms with van der Waals surface area (Å²) in [6, 6.07) is 4.03. The average Bonchev–Trinajstić information content (AvgIpc) is 3.17. The number of nitrogens with zero attached hydrogens (tertiary/aromatic N) is 3. The molecule has 1 atom stereocenters. The van der Waals surface area contributed by atoms with Gasteiger partial charge in [0.1, 0.15) is 12.2 Å². The summed E-state index contributed by atoms with van der Waals surface area (Å²) in [4.78, 5) is 32.9. The Labute approximate surface area is 212 Å². The molecule has 0 amide bonds. The minimum atomic E-state index is -1.54. The van der Waals surface area contributed by atoms with E-state index in [-0.39, 0.29) is 37.1 Å². The van der Waals surface area contributed by atoms with Crippen molar-refractivity contribution in [3.05, 3.63) is 62.4 Å². The van der Waals surface area contributed by atoms with Gasteiger partial charge in [-0.15, -0.1) is 0 Å². The number of esters is 1. The summed E-state index contributed by atoms with van der Waals surface area (Å²) in [5.74, 6) is -1.83. The van der Waals surface area contributed by atoms with Gasteiger partial charge in [-0.25, -0.2) is 13.8 Å². The lowest BCUT2D eigenvalue weighted by atomic mass is 9.85. The Balaban J connectivity index is 1.56. The van der Waals surface area contributed by atoms with Crippen LogP contribution < -0.4 is 5.56 Å². The highest BCUT2D eigenvalue weighted by Gasteiger charge is 2.40. The van der Waals surface area contributed by atoms with E-state index in [9.17, 15) is 23.5 Å². The molecular formula is C28H29F2N3O4. The molecule has 6 rings (SSSR count). The van der Waals surface area contributed by atoms with Gasteiger partial charge in [0.05, 0.1) is 35.4 Å². The molecule has 9 heteroatoms. The molecule has 3 aliphatic heterocycles. The molecule has 1 aromatic carbocycles. The Hall–Kier alpha value is -3.17. The first-order valence-corrected chi connectivity index (χ1v) is 12.9. The van der Waals surface area contributed by atoms with Crippen molar-refractivity contribution in [1.82, 2.24) is 14.5 Å². The van der Waals surface area contributed by atoms with E-state index in [1.807, 2.05) is 0 Å². The van der Waals surface area contributed by atoms with E-state index in [2.05, 4.69) is 11.8 Å². The molecule has 3 aromatic rings. The predicted octanol–water partition coefficient (Wildman–Crippen LogP) is 3.98. The van der Waals surface area contributed by atoms with Crippen LogP contribution in [0.2, 0.25) is 0 Å². The highest BCUT2D eigenvalue weighted by molar-refractivity contribution is 5.88. The minimum Gasteiger partial charge on any atom is -0.460 e. The van der Waals surface area contributed by atoms with Crippen LogP contribution in [0.3, 0.4) is 0 Å². The monoisotopic (exact) mass is 509 g/mol. The number of cyclic esters (lactones) is 1. The maximum absolute atomic E-state index is 14.4. The van der Waals surface area contributed by atoms with E-state index in [0.29, 0.717) is 40.3 Å². The van der Waals surface area contributed by atoms with Gasteiger partial charge in [0.2, 0.25) is 0 Å². The molecule has 0 bridgehead atoms. The largest absolute Gasteiger partial charge is 0.460 e. The fraction of sp³-hybridized carbons (Fsp3) is 0.464. The predicted molar refractivity (Wildman–Crippen MR) is 133 cm³/mol. The molecule has 1 unspecified atom stereocenters. The van der Waals surface area contributed by atoms with Crippen molar-refractivity contribution in [1.29, 1.82) is 0 Å². The minimum absolute atomic E-state index is 0.212. The number of ether oxygens (including phenoxy) is 1. The van der Waals surface area contributed by atoms with Crippen LogP contribution in [0.25, 0.3) is 22.3 Å². The molecule has 3 aliphatic rings. The van der Waals surface area contributed by atoms with Crippen molar-refractivity contribution in [2.45, 2.75) is 64.8 Å². The molecule has 0 aliphatic carbocycles. The Morgan fingerprint density at radius 3 is 2.59 bits per heavy atom. The lowest BCUT2D eigenvalue weighted by Crippen LogP contribution is -2.33. The first-order valence-electron chi connectivity index (χ1n) is 12.9. The second-order valence-electron chi connectivity index (χ2n) is 10.7. The quantitative estimate of drug-likeness (QED) is 0.421. The zero-order valence-electron chi connectivity index (χ0n) is 20.9. The number of rotatable bonds is 3. The maximum Gasteiger partial charge on any atom is 0.309 e. The molecule has 2 aromatic heterocycles. The number of likely N-dealkylation sites (tertiary alicyclic amines) is 1. The summed E-state index contributed by atoms with van der Waals surface area (Å²) >= 11 is 0. The number of halogens is 2. The summed E-state index contributed by atoms with van der Waals surface area (Å²) in [7, 11) is 0. The van der Waals surface area contributed by atoms with Gasteiger partial charge in [-0.2, -0.15) is 0 Å². The number of aliphatic hydroxyl groups is 1. The van der Waals surface area contributed by atoms with Gasteiger partial charge in [0.15, 0.2) is 11.6 Å². The Kier molecular flexibility index (Phi) is 5.69. The normalized spacial score (nSPS) is 21.9. The second kappa shape index (κ2) is 8.70. The lowest BCUT2D eigenvalue weighted by molar-refractivity contribution is -0.149. The van der Waals surface area contributed by atoms with Gasteiger partial charge in [-0.05, 0) is 61.5 Å². The van der Waals surface area contributed by atoms with Crippen LogP contribution >= 0.6 is 0 Å². The van der Waals surface area contributed by atoms with E-state index in [0.717, 1.165) is 43.1 Å². The molecule has 1 N–H and O–H groups in total. The number of carbonyl (C=O) groups excluding carboxylic acids is 1. The zero-order chi connectivity index (χ0) is 26.1. The van der Waals surface area contributed by atoms with Crippen LogP contribution in [-0.2, 0) is 34.8 Å². The highest BCUT2D eigenvalue weighted by Crippen LogP contribution is 2.41. The zero-order valence-corrected chi connectivity index (χ0v) is 20.9. The molecule has 7 nitrogen and oxygen atoms in total. The molecule has 0 saturated carbocycles. The Morgan fingerprint density at radius 1 is 1.14 bits per heavy atom. The van der Waals surface area contributed by atoms with Crippen LogP contribution in [0, 0.1) is 17.6 Å². The van der Waals surface area contributed by atoms with Gasteiger partial charge in [0.25, 0.3) is 5.56 Å². The summed E-state index contributed by atoms with van der Waals surface area (Å²) in [5.41, 5.74) is 1.69. The van der Waals surface area contributed by atoms with Gasteiger partial charge in [0, 0.05) is 23.6 Å². The van der Waals surface area contributed by atoms with Crippen molar-refractivity contribution in [3.8, 4) is 11.4 Å². The van der Waals surface area contributed by atoms with Crippen molar-refractivity contribution in [2.24, 2.45) is 5.92 Å². The average molecular weight is 510 g/mol. The van der Waals surface area contributed by atoms with Crippen LogP contribution in [-0.4, -0.2) is 38.6 Å². The number of pyridine rings is 2. The van der Waals surface area contributed by atoms with Gasteiger partial charge in [-0.3, -0.25) is 14.5 Å². The number of fused-ring (bicyclic) bond motifs is 5. The number of aromatic nitrogens is 2. The van der Waals surface area contributed by atoms with Crippen LogP contribution in [0.1, 0.15) is 61.8 Å².